The molecule has 0 spiro atoms. The normalized spacial score (nSPS) is 16.4. The van der Waals surface area contributed by atoms with Crippen LogP contribution in [0.15, 0.2) is 48.5 Å². The van der Waals surface area contributed by atoms with Gasteiger partial charge in [-0.1, -0.05) is 24.3 Å². The number of carbonyl (C=O) groups excluding carboxylic acids is 3. The van der Waals surface area contributed by atoms with E-state index in [4.69, 9.17) is 0 Å². The van der Waals surface area contributed by atoms with E-state index in [0.717, 1.165) is 22.4 Å². The van der Waals surface area contributed by atoms with E-state index in [-0.39, 0.29) is 30.3 Å². The molecule has 9 heteroatoms. The molecular weight excluding hydrogens is 432 g/mol. The maximum atomic E-state index is 12.6. The molecule has 4 rings (SSSR count). The van der Waals surface area contributed by atoms with Crippen LogP contribution in [0.5, 0.6) is 0 Å². The number of benzene rings is 2. The van der Waals surface area contributed by atoms with Crippen molar-refractivity contribution in [3.8, 4) is 0 Å². The van der Waals surface area contributed by atoms with E-state index in [9.17, 15) is 14.4 Å². The number of amides is 3. The Morgan fingerprint density at radius 1 is 1.12 bits per heavy atom. The van der Waals surface area contributed by atoms with Crippen LogP contribution in [0.1, 0.15) is 34.7 Å². The number of carbonyl (C=O) groups is 3. The molecule has 1 aliphatic rings. The summed E-state index contributed by atoms with van der Waals surface area (Å²) >= 11 is 0. The number of H-pyrrole nitrogens is 1. The largest absolute Gasteiger partial charge is 0.355 e. The first kappa shape index (κ1) is 23.4. The van der Waals surface area contributed by atoms with Crippen LogP contribution in [-0.4, -0.2) is 77.3 Å². The lowest BCUT2D eigenvalue weighted by Crippen LogP contribution is -2.52. The molecule has 1 aromatic heterocycles. The second-order valence-corrected chi connectivity index (χ2v) is 8.47. The summed E-state index contributed by atoms with van der Waals surface area (Å²) in [6.07, 6.45) is 0.618. The molecule has 3 aromatic rings. The van der Waals surface area contributed by atoms with Crippen molar-refractivity contribution >= 4 is 28.8 Å². The third-order valence-corrected chi connectivity index (χ3v) is 6.12. The Balaban J connectivity index is 1.35. The van der Waals surface area contributed by atoms with E-state index in [0.29, 0.717) is 38.2 Å². The SMILES string of the molecule is CNC(=O)c1cccc([C@H]2CN(CC(=O)NCCc3nc4ccccc4[nH]3)CCN2C(C)=O)c1. The fraction of sp³-hybridized carbons (Fsp3) is 0.360. The second kappa shape index (κ2) is 10.5. The molecule has 0 aliphatic carbocycles. The number of piperazine rings is 1. The number of aromatic amines is 1. The molecule has 3 N–H and O–H groups in total. The van der Waals surface area contributed by atoms with Crippen LogP contribution in [0.4, 0.5) is 0 Å². The van der Waals surface area contributed by atoms with Crippen LogP contribution in [0.3, 0.4) is 0 Å². The van der Waals surface area contributed by atoms with Gasteiger partial charge in [-0.2, -0.15) is 0 Å². The van der Waals surface area contributed by atoms with Gasteiger partial charge >= 0.3 is 0 Å². The predicted molar refractivity (Wildman–Crippen MR) is 129 cm³/mol. The average Bonchev–Trinajstić information content (AvgIpc) is 3.26. The van der Waals surface area contributed by atoms with Gasteiger partial charge in [0, 0.05) is 52.1 Å². The first-order valence-electron chi connectivity index (χ1n) is 11.5. The van der Waals surface area contributed by atoms with Crippen molar-refractivity contribution in [3.63, 3.8) is 0 Å². The Morgan fingerprint density at radius 2 is 1.94 bits per heavy atom. The van der Waals surface area contributed by atoms with Gasteiger partial charge < -0.3 is 20.5 Å². The molecule has 3 amide bonds. The predicted octanol–water partition coefficient (Wildman–Crippen LogP) is 1.49. The van der Waals surface area contributed by atoms with Gasteiger partial charge in [-0.15, -0.1) is 0 Å². The van der Waals surface area contributed by atoms with Crippen molar-refractivity contribution < 1.29 is 14.4 Å². The standard InChI is InChI=1S/C25H30N6O3/c1-17(32)31-13-12-30(15-22(31)18-6-5-7-19(14-18)25(34)26-2)16-24(33)27-11-10-23-28-20-8-3-4-9-21(20)29-23/h3-9,14,22H,10-13,15-16H2,1-2H3,(H,26,34)(H,27,33)(H,28,29)/t22-/m1/s1. The highest BCUT2D eigenvalue weighted by Gasteiger charge is 2.31. The molecule has 2 aromatic carbocycles. The van der Waals surface area contributed by atoms with Crippen molar-refractivity contribution in [2.45, 2.75) is 19.4 Å². The summed E-state index contributed by atoms with van der Waals surface area (Å²) in [7, 11) is 1.59. The number of nitrogens with zero attached hydrogens (tertiary/aromatic N) is 3. The highest BCUT2D eigenvalue weighted by Crippen LogP contribution is 2.26. The first-order valence-corrected chi connectivity index (χ1v) is 11.5. The summed E-state index contributed by atoms with van der Waals surface area (Å²) in [6, 6.07) is 14.9. The van der Waals surface area contributed by atoms with Crippen molar-refractivity contribution in [2.75, 3.05) is 39.8 Å². The van der Waals surface area contributed by atoms with Gasteiger partial charge in [-0.05, 0) is 29.8 Å². The lowest BCUT2D eigenvalue weighted by Gasteiger charge is -2.41. The molecule has 178 valence electrons. The lowest BCUT2D eigenvalue weighted by molar-refractivity contribution is -0.134. The molecule has 2 heterocycles. The van der Waals surface area contributed by atoms with Crippen LogP contribution in [0, 0.1) is 0 Å². The highest BCUT2D eigenvalue weighted by molar-refractivity contribution is 5.94. The maximum Gasteiger partial charge on any atom is 0.251 e. The Kier molecular flexibility index (Phi) is 7.22. The molecule has 0 unspecified atom stereocenters. The monoisotopic (exact) mass is 462 g/mol. The first-order chi connectivity index (χ1) is 16.4. The summed E-state index contributed by atoms with van der Waals surface area (Å²) in [6.45, 7) is 3.95. The second-order valence-electron chi connectivity index (χ2n) is 8.47. The summed E-state index contributed by atoms with van der Waals surface area (Å²) in [4.78, 5) is 48.6. The summed E-state index contributed by atoms with van der Waals surface area (Å²) in [5.41, 5.74) is 3.33. The minimum absolute atomic E-state index is 0.0229. The van der Waals surface area contributed by atoms with Crippen LogP contribution >= 0.6 is 0 Å². The Morgan fingerprint density at radius 3 is 2.71 bits per heavy atom. The van der Waals surface area contributed by atoms with Gasteiger partial charge in [-0.3, -0.25) is 19.3 Å². The third kappa shape index (κ3) is 5.43. The van der Waals surface area contributed by atoms with Gasteiger partial charge in [-0.25, -0.2) is 4.98 Å². The molecule has 1 fully saturated rings. The number of nitrogens with one attached hydrogen (secondary N) is 3. The van der Waals surface area contributed by atoms with Crippen LogP contribution in [0.2, 0.25) is 0 Å². The maximum absolute atomic E-state index is 12.6. The fourth-order valence-corrected chi connectivity index (χ4v) is 4.38. The molecule has 34 heavy (non-hydrogen) atoms. The smallest absolute Gasteiger partial charge is 0.251 e. The van der Waals surface area contributed by atoms with Crippen LogP contribution < -0.4 is 10.6 Å². The minimum atomic E-state index is -0.223. The topological polar surface area (TPSA) is 110 Å². The van der Waals surface area contributed by atoms with Crippen molar-refractivity contribution in [1.29, 1.82) is 0 Å². The number of fused-ring (bicyclic) bond motifs is 1. The molecule has 0 bridgehead atoms. The van der Waals surface area contributed by atoms with Gasteiger partial charge in [0.2, 0.25) is 11.8 Å². The Bertz CT molecular complexity index is 1160. The minimum Gasteiger partial charge on any atom is -0.355 e. The summed E-state index contributed by atoms with van der Waals surface area (Å²) in [5.74, 6) is 0.580. The van der Waals surface area contributed by atoms with Crippen molar-refractivity contribution in [3.05, 3.63) is 65.5 Å². The van der Waals surface area contributed by atoms with Gasteiger partial charge in [0.15, 0.2) is 0 Å². The fourth-order valence-electron chi connectivity index (χ4n) is 4.38. The van der Waals surface area contributed by atoms with E-state index in [2.05, 4.69) is 20.6 Å². The van der Waals surface area contributed by atoms with Gasteiger partial charge in [0.1, 0.15) is 5.82 Å². The number of aromatic nitrogens is 2. The number of hydrogen-bond donors (Lipinski definition) is 3. The van der Waals surface area contributed by atoms with Gasteiger partial charge in [0.25, 0.3) is 5.91 Å². The molecule has 9 nitrogen and oxygen atoms in total. The number of hydrogen-bond acceptors (Lipinski definition) is 5. The third-order valence-electron chi connectivity index (χ3n) is 6.12. The number of rotatable bonds is 7. The van der Waals surface area contributed by atoms with Crippen molar-refractivity contribution in [1.82, 2.24) is 30.4 Å². The van der Waals surface area contributed by atoms with Crippen LogP contribution in [0.25, 0.3) is 11.0 Å². The Hall–Kier alpha value is -3.72. The Labute approximate surface area is 198 Å². The number of para-hydroxylation sites is 2. The molecule has 1 atom stereocenters. The average molecular weight is 463 g/mol. The molecule has 0 saturated carbocycles. The number of imidazole rings is 1. The molecule has 0 radical (unpaired) electrons. The molecule has 1 saturated heterocycles. The zero-order valence-electron chi connectivity index (χ0n) is 19.5. The summed E-state index contributed by atoms with van der Waals surface area (Å²) in [5, 5.41) is 5.60. The highest BCUT2D eigenvalue weighted by atomic mass is 16.2. The zero-order valence-corrected chi connectivity index (χ0v) is 19.5. The summed E-state index contributed by atoms with van der Waals surface area (Å²) < 4.78 is 0. The van der Waals surface area contributed by atoms with Crippen LogP contribution in [-0.2, 0) is 16.0 Å². The van der Waals surface area contributed by atoms with E-state index < -0.39 is 0 Å². The van der Waals surface area contributed by atoms with E-state index in [1.165, 1.54) is 0 Å². The quantitative estimate of drug-likeness (QED) is 0.493. The zero-order chi connectivity index (χ0) is 24.1. The van der Waals surface area contributed by atoms with E-state index in [1.807, 2.05) is 47.4 Å². The van der Waals surface area contributed by atoms with Gasteiger partial charge in [0.05, 0.1) is 23.6 Å². The van der Waals surface area contributed by atoms with E-state index in [1.54, 1.807) is 24.9 Å². The van der Waals surface area contributed by atoms with Crippen molar-refractivity contribution in [2.24, 2.45) is 0 Å². The molecular formula is C25H30N6O3. The lowest BCUT2D eigenvalue weighted by atomic mass is 9.99. The molecule has 1 aliphatic heterocycles. The van der Waals surface area contributed by atoms with E-state index >= 15 is 0 Å².